The van der Waals surface area contributed by atoms with Gasteiger partial charge < -0.3 is 9.73 Å². The first-order valence-corrected chi connectivity index (χ1v) is 8.56. The smallest absolute Gasteiger partial charge is 0.291 e. The number of nitrogens with zero attached hydrogens (tertiary/aromatic N) is 4. The first-order chi connectivity index (χ1) is 11.6. The van der Waals surface area contributed by atoms with Crippen LogP contribution in [0.1, 0.15) is 16.1 Å². The van der Waals surface area contributed by atoms with Gasteiger partial charge >= 0.3 is 0 Å². The molecule has 0 radical (unpaired) electrons. The van der Waals surface area contributed by atoms with Gasteiger partial charge in [-0.1, -0.05) is 23.5 Å². The number of anilines is 1. The summed E-state index contributed by atoms with van der Waals surface area (Å²) in [5.41, 5.74) is 2.55. The highest BCUT2D eigenvalue weighted by Gasteiger charge is 2.14. The van der Waals surface area contributed by atoms with Gasteiger partial charge in [-0.15, -0.1) is 10.2 Å². The third-order valence-electron chi connectivity index (χ3n) is 3.42. The summed E-state index contributed by atoms with van der Waals surface area (Å²) >= 11 is 4.62. The van der Waals surface area contributed by atoms with Crippen molar-refractivity contribution >= 4 is 43.8 Å². The lowest BCUT2D eigenvalue weighted by Crippen LogP contribution is -2.11. The van der Waals surface area contributed by atoms with Gasteiger partial charge in [0, 0.05) is 11.3 Å². The van der Waals surface area contributed by atoms with E-state index in [9.17, 15) is 4.79 Å². The van der Waals surface area contributed by atoms with Gasteiger partial charge in [0.25, 0.3) is 5.91 Å². The van der Waals surface area contributed by atoms with E-state index in [0.29, 0.717) is 10.4 Å². The standard InChI is InChI=1S/C15H10BrN5O2S/c1-8-2-3-9(14-20-21-7-17-19-15(21)24-14)6-10(8)18-13(22)11-4-5-12(16)23-11/h2-7H,1H3,(H,18,22). The normalized spacial score (nSPS) is 11.1. The minimum absolute atomic E-state index is 0.241. The van der Waals surface area contributed by atoms with Gasteiger partial charge in [0.05, 0.1) is 0 Å². The predicted molar refractivity (Wildman–Crippen MR) is 93.2 cm³/mol. The molecule has 3 aromatic heterocycles. The average Bonchev–Trinajstić information content (AvgIpc) is 3.24. The van der Waals surface area contributed by atoms with Gasteiger partial charge in [-0.2, -0.15) is 9.61 Å². The molecule has 4 rings (SSSR count). The van der Waals surface area contributed by atoms with Gasteiger partial charge in [-0.25, -0.2) is 0 Å². The van der Waals surface area contributed by atoms with Gasteiger partial charge in [-0.3, -0.25) is 4.79 Å². The van der Waals surface area contributed by atoms with Crippen LogP contribution in [-0.2, 0) is 0 Å². The summed E-state index contributed by atoms with van der Waals surface area (Å²) in [6.07, 6.45) is 1.56. The van der Waals surface area contributed by atoms with Crippen LogP contribution in [0, 0.1) is 6.92 Å². The summed E-state index contributed by atoms with van der Waals surface area (Å²) in [5, 5.41) is 15.9. The van der Waals surface area contributed by atoms with Crippen molar-refractivity contribution in [2.24, 2.45) is 0 Å². The van der Waals surface area contributed by atoms with Gasteiger partial charge in [-0.05, 0) is 46.6 Å². The van der Waals surface area contributed by atoms with E-state index in [4.69, 9.17) is 4.42 Å². The van der Waals surface area contributed by atoms with Crippen molar-refractivity contribution in [3.63, 3.8) is 0 Å². The Morgan fingerprint density at radius 2 is 2.21 bits per heavy atom. The molecule has 0 unspecified atom stereocenters. The zero-order valence-corrected chi connectivity index (χ0v) is 14.8. The summed E-state index contributed by atoms with van der Waals surface area (Å²) in [7, 11) is 0. The van der Waals surface area contributed by atoms with Crippen molar-refractivity contribution < 1.29 is 9.21 Å². The number of nitrogens with one attached hydrogen (secondary N) is 1. The third kappa shape index (κ3) is 2.72. The van der Waals surface area contributed by atoms with Crippen LogP contribution in [0.4, 0.5) is 5.69 Å². The summed E-state index contributed by atoms with van der Waals surface area (Å²) in [6, 6.07) is 9.07. The topological polar surface area (TPSA) is 85.3 Å². The number of hydrogen-bond acceptors (Lipinski definition) is 6. The molecule has 1 N–H and O–H groups in total. The molecule has 0 aliphatic heterocycles. The van der Waals surface area contributed by atoms with E-state index in [1.807, 2.05) is 25.1 Å². The van der Waals surface area contributed by atoms with E-state index >= 15 is 0 Å². The molecule has 1 aromatic carbocycles. The van der Waals surface area contributed by atoms with E-state index in [2.05, 4.69) is 36.5 Å². The zero-order chi connectivity index (χ0) is 16.7. The number of furan rings is 1. The Bertz CT molecular complexity index is 1020. The maximum Gasteiger partial charge on any atom is 0.291 e. The minimum Gasteiger partial charge on any atom is -0.444 e. The van der Waals surface area contributed by atoms with Crippen LogP contribution < -0.4 is 5.32 Å². The number of fused-ring (bicyclic) bond motifs is 1. The van der Waals surface area contributed by atoms with E-state index in [0.717, 1.165) is 21.1 Å². The summed E-state index contributed by atoms with van der Waals surface area (Å²) < 4.78 is 7.41. The number of amides is 1. The van der Waals surface area contributed by atoms with Gasteiger partial charge in [0.15, 0.2) is 10.4 Å². The molecule has 120 valence electrons. The van der Waals surface area contributed by atoms with E-state index in [1.165, 1.54) is 11.3 Å². The second kappa shape index (κ2) is 5.84. The minimum atomic E-state index is -0.306. The molecule has 24 heavy (non-hydrogen) atoms. The van der Waals surface area contributed by atoms with Crippen LogP contribution in [0.25, 0.3) is 15.5 Å². The number of halogens is 1. The van der Waals surface area contributed by atoms with E-state index < -0.39 is 0 Å². The maximum absolute atomic E-state index is 12.3. The molecular weight excluding hydrogens is 394 g/mol. The number of carbonyl (C=O) groups is 1. The SMILES string of the molecule is Cc1ccc(-c2nn3cnnc3s2)cc1NC(=O)c1ccc(Br)o1. The zero-order valence-electron chi connectivity index (χ0n) is 12.4. The Morgan fingerprint density at radius 3 is 2.96 bits per heavy atom. The molecule has 0 saturated carbocycles. The molecule has 0 bridgehead atoms. The summed E-state index contributed by atoms with van der Waals surface area (Å²) in [6.45, 7) is 1.93. The Morgan fingerprint density at radius 1 is 1.33 bits per heavy atom. The number of carbonyl (C=O) groups excluding carboxylic acids is 1. The Kier molecular flexibility index (Phi) is 3.66. The van der Waals surface area contributed by atoms with E-state index in [1.54, 1.807) is 23.0 Å². The third-order valence-corrected chi connectivity index (χ3v) is 4.80. The lowest BCUT2D eigenvalue weighted by atomic mass is 10.1. The van der Waals surface area contributed by atoms with Crippen molar-refractivity contribution in [1.82, 2.24) is 19.8 Å². The fourth-order valence-corrected chi connectivity index (χ4v) is 3.31. The number of aromatic nitrogens is 4. The monoisotopic (exact) mass is 403 g/mol. The molecule has 9 heteroatoms. The quantitative estimate of drug-likeness (QED) is 0.562. The first-order valence-electron chi connectivity index (χ1n) is 6.95. The van der Waals surface area contributed by atoms with Crippen LogP contribution >= 0.6 is 27.3 Å². The highest BCUT2D eigenvalue weighted by Crippen LogP contribution is 2.29. The van der Waals surface area contributed by atoms with E-state index in [-0.39, 0.29) is 11.7 Å². The molecule has 3 heterocycles. The van der Waals surface area contributed by atoms with Gasteiger partial charge in [0.2, 0.25) is 4.96 Å². The van der Waals surface area contributed by atoms with Crippen molar-refractivity contribution in [3.05, 3.63) is 52.7 Å². The summed E-state index contributed by atoms with van der Waals surface area (Å²) in [4.78, 5) is 13.0. The number of hydrogen-bond donors (Lipinski definition) is 1. The maximum atomic E-state index is 12.3. The second-order valence-corrected chi connectivity index (χ2v) is 6.79. The molecule has 0 aliphatic carbocycles. The largest absolute Gasteiger partial charge is 0.444 e. The highest BCUT2D eigenvalue weighted by molar-refractivity contribution is 9.10. The molecule has 0 aliphatic rings. The molecule has 4 aromatic rings. The highest BCUT2D eigenvalue weighted by atomic mass is 79.9. The molecule has 0 atom stereocenters. The second-order valence-electron chi connectivity index (χ2n) is 5.05. The van der Waals surface area contributed by atoms with Crippen LogP contribution in [0.3, 0.4) is 0 Å². The molecule has 7 nitrogen and oxygen atoms in total. The molecule has 0 saturated heterocycles. The van der Waals surface area contributed by atoms with Crippen molar-refractivity contribution in [2.45, 2.75) is 6.92 Å². The Labute approximate surface area is 148 Å². The molecule has 1 amide bonds. The van der Waals surface area contributed by atoms with Crippen molar-refractivity contribution in [1.29, 1.82) is 0 Å². The van der Waals surface area contributed by atoms with Crippen molar-refractivity contribution in [3.8, 4) is 10.6 Å². The Balaban J connectivity index is 1.66. The number of rotatable bonds is 3. The van der Waals surface area contributed by atoms with Crippen molar-refractivity contribution in [2.75, 3.05) is 5.32 Å². The number of aryl methyl sites for hydroxylation is 1. The fraction of sp³-hybridized carbons (Fsp3) is 0.0667. The van der Waals surface area contributed by atoms with Crippen LogP contribution in [0.2, 0.25) is 0 Å². The van der Waals surface area contributed by atoms with Crippen LogP contribution in [0.15, 0.2) is 45.7 Å². The predicted octanol–water partition coefficient (Wildman–Crippen LogP) is 3.77. The lowest BCUT2D eigenvalue weighted by molar-refractivity contribution is 0.0995. The van der Waals surface area contributed by atoms with Gasteiger partial charge in [0.1, 0.15) is 11.3 Å². The number of benzene rings is 1. The average molecular weight is 404 g/mol. The fourth-order valence-electron chi connectivity index (χ4n) is 2.19. The molecular formula is C15H10BrN5O2S. The molecule has 0 fully saturated rings. The van der Waals surface area contributed by atoms with Crippen LogP contribution in [0.5, 0.6) is 0 Å². The lowest BCUT2D eigenvalue weighted by Gasteiger charge is -2.08. The first kappa shape index (κ1) is 15.0. The van der Waals surface area contributed by atoms with Crippen LogP contribution in [-0.4, -0.2) is 25.7 Å². The summed E-state index contributed by atoms with van der Waals surface area (Å²) in [5.74, 6) is -0.0652. The molecule has 0 spiro atoms. The Hall–Kier alpha value is -2.52.